The lowest BCUT2D eigenvalue weighted by atomic mass is 10.2. The number of para-hydroxylation sites is 1. The molecular formula is C18H18ClFN2O3. The van der Waals surface area contributed by atoms with Crippen LogP contribution in [-0.4, -0.2) is 25.5 Å². The molecule has 132 valence electrons. The van der Waals surface area contributed by atoms with Crippen molar-refractivity contribution in [1.82, 2.24) is 5.32 Å². The second-order valence-corrected chi connectivity index (χ2v) is 5.70. The summed E-state index contributed by atoms with van der Waals surface area (Å²) in [6.07, 6.45) is 0. The van der Waals surface area contributed by atoms with E-state index in [0.29, 0.717) is 11.4 Å². The van der Waals surface area contributed by atoms with Gasteiger partial charge in [0.15, 0.2) is 0 Å². The average Bonchev–Trinajstić information content (AvgIpc) is 2.60. The SMILES string of the molecule is COc1ccccc1CNC(=O)CN(C(C)=O)c1ccc(F)c(Cl)c1. The van der Waals surface area contributed by atoms with Crippen molar-refractivity contribution >= 4 is 29.1 Å². The number of benzene rings is 2. The van der Waals surface area contributed by atoms with Crippen molar-refractivity contribution in [2.45, 2.75) is 13.5 Å². The van der Waals surface area contributed by atoms with Gasteiger partial charge in [0, 0.05) is 24.7 Å². The number of hydrogen-bond acceptors (Lipinski definition) is 3. The number of anilines is 1. The van der Waals surface area contributed by atoms with E-state index < -0.39 is 5.82 Å². The molecule has 25 heavy (non-hydrogen) atoms. The summed E-state index contributed by atoms with van der Waals surface area (Å²) in [5.74, 6) is -0.636. The Labute approximate surface area is 150 Å². The molecule has 0 aliphatic carbocycles. The first kappa shape index (κ1) is 18.7. The predicted octanol–water partition coefficient (Wildman–Crippen LogP) is 3.16. The molecule has 0 spiro atoms. The van der Waals surface area contributed by atoms with Crippen molar-refractivity contribution in [3.63, 3.8) is 0 Å². The molecule has 0 heterocycles. The lowest BCUT2D eigenvalue weighted by molar-refractivity contribution is -0.123. The van der Waals surface area contributed by atoms with Crippen LogP contribution in [0.1, 0.15) is 12.5 Å². The van der Waals surface area contributed by atoms with Gasteiger partial charge < -0.3 is 15.0 Å². The second kappa shape index (κ2) is 8.48. The molecule has 5 nitrogen and oxygen atoms in total. The molecule has 0 saturated heterocycles. The highest BCUT2D eigenvalue weighted by Gasteiger charge is 2.17. The van der Waals surface area contributed by atoms with Crippen LogP contribution in [0.3, 0.4) is 0 Å². The van der Waals surface area contributed by atoms with E-state index in [-0.39, 0.29) is 29.9 Å². The lowest BCUT2D eigenvalue weighted by Gasteiger charge is -2.21. The summed E-state index contributed by atoms with van der Waals surface area (Å²) < 4.78 is 18.5. The van der Waals surface area contributed by atoms with Gasteiger partial charge in [-0.1, -0.05) is 29.8 Å². The van der Waals surface area contributed by atoms with E-state index in [0.717, 1.165) is 11.6 Å². The van der Waals surface area contributed by atoms with Crippen molar-refractivity contribution in [2.24, 2.45) is 0 Å². The van der Waals surface area contributed by atoms with Gasteiger partial charge in [0.2, 0.25) is 11.8 Å². The number of halogens is 2. The number of nitrogens with zero attached hydrogens (tertiary/aromatic N) is 1. The number of nitrogens with one attached hydrogen (secondary N) is 1. The van der Waals surface area contributed by atoms with E-state index in [4.69, 9.17) is 16.3 Å². The summed E-state index contributed by atoms with van der Waals surface area (Å²) >= 11 is 5.75. The molecule has 2 aromatic rings. The molecule has 2 aromatic carbocycles. The van der Waals surface area contributed by atoms with Crippen molar-refractivity contribution in [2.75, 3.05) is 18.6 Å². The Bertz CT molecular complexity index is 783. The van der Waals surface area contributed by atoms with Gasteiger partial charge in [-0.15, -0.1) is 0 Å². The van der Waals surface area contributed by atoms with Crippen LogP contribution in [0.5, 0.6) is 5.75 Å². The number of carbonyl (C=O) groups excluding carboxylic acids is 2. The number of ether oxygens (including phenoxy) is 1. The van der Waals surface area contributed by atoms with Gasteiger partial charge >= 0.3 is 0 Å². The first-order chi connectivity index (χ1) is 11.9. The monoisotopic (exact) mass is 364 g/mol. The van der Waals surface area contributed by atoms with E-state index in [1.807, 2.05) is 18.2 Å². The molecule has 0 saturated carbocycles. The van der Waals surface area contributed by atoms with Gasteiger partial charge in [-0.05, 0) is 24.3 Å². The second-order valence-electron chi connectivity index (χ2n) is 5.29. The first-order valence-electron chi connectivity index (χ1n) is 7.54. The van der Waals surface area contributed by atoms with Crippen molar-refractivity contribution in [3.05, 3.63) is 58.9 Å². The van der Waals surface area contributed by atoms with Gasteiger partial charge in [-0.2, -0.15) is 0 Å². The highest BCUT2D eigenvalue weighted by molar-refractivity contribution is 6.31. The predicted molar refractivity (Wildman–Crippen MR) is 94.3 cm³/mol. The van der Waals surface area contributed by atoms with Crippen LogP contribution in [-0.2, 0) is 16.1 Å². The fraction of sp³-hybridized carbons (Fsp3) is 0.222. The maximum absolute atomic E-state index is 13.3. The summed E-state index contributed by atoms with van der Waals surface area (Å²) in [7, 11) is 1.55. The molecule has 0 bridgehead atoms. The highest BCUT2D eigenvalue weighted by Crippen LogP contribution is 2.23. The van der Waals surface area contributed by atoms with Crippen LogP contribution in [0.2, 0.25) is 5.02 Å². The quantitative estimate of drug-likeness (QED) is 0.856. The van der Waals surface area contributed by atoms with E-state index in [1.54, 1.807) is 13.2 Å². The average molecular weight is 365 g/mol. The van der Waals surface area contributed by atoms with Crippen LogP contribution < -0.4 is 15.0 Å². The van der Waals surface area contributed by atoms with Crippen molar-refractivity contribution in [3.8, 4) is 5.75 Å². The summed E-state index contributed by atoms with van der Waals surface area (Å²) in [6.45, 7) is 1.38. The fourth-order valence-corrected chi connectivity index (χ4v) is 2.45. The Hall–Kier alpha value is -2.60. The zero-order valence-corrected chi connectivity index (χ0v) is 14.6. The van der Waals surface area contributed by atoms with Crippen LogP contribution in [0.25, 0.3) is 0 Å². The van der Waals surface area contributed by atoms with E-state index in [2.05, 4.69) is 5.32 Å². The van der Waals surface area contributed by atoms with Gasteiger partial charge in [0.05, 0.1) is 12.1 Å². The van der Waals surface area contributed by atoms with Gasteiger partial charge in [0.25, 0.3) is 0 Å². The lowest BCUT2D eigenvalue weighted by Crippen LogP contribution is -2.39. The zero-order chi connectivity index (χ0) is 18.4. The van der Waals surface area contributed by atoms with Crippen LogP contribution in [0, 0.1) is 5.82 Å². The summed E-state index contributed by atoms with van der Waals surface area (Å²) in [5.41, 5.74) is 1.17. The topological polar surface area (TPSA) is 58.6 Å². The number of carbonyl (C=O) groups is 2. The Balaban J connectivity index is 2.05. The van der Waals surface area contributed by atoms with E-state index in [1.165, 1.54) is 24.0 Å². The molecule has 0 aliphatic rings. The summed E-state index contributed by atoms with van der Waals surface area (Å²) in [6, 6.07) is 11.2. The van der Waals surface area contributed by atoms with Crippen molar-refractivity contribution in [1.29, 1.82) is 0 Å². The highest BCUT2D eigenvalue weighted by atomic mass is 35.5. The normalized spacial score (nSPS) is 10.2. The summed E-state index contributed by atoms with van der Waals surface area (Å²) in [5, 5.41) is 2.62. The Morgan fingerprint density at radius 2 is 1.96 bits per heavy atom. The molecule has 0 radical (unpaired) electrons. The molecule has 0 fully saturated rings. The molecule has 0 atom stereocenters. The maximum atomic E-state index is 13.3. The molecule has 2 rings (SSSR count). The number of hydrogen-bond donors (Lipinski definition) is 1. The van der Waals surface area contributed by atoms with E-state index in [9.17, 15) is 14.0 Å². The van der Waals surface area contributed by atoms with Crippen LogP contribution in [0.4, 0.5) is 10.1 Å². The molecule has 7 heteroatoms. The fourth-order valence-electron chi connectivity index (χ4n) is 2.28. The zero-order valence-electron chi connectivity index (χ0n) is 13.9. The van der Waals surface area contributed by atoms with Crippen LogP contribution in [0.15, 0.2) is 42.5 Å². The standard InChI is InChI=1S/C18H18ClFN2O3/c1-12(23)22(14-7-8-16(20)15(19)9-14)11-18(24)21-10-13-5-3-4-6-17(13)25-2/h3-9H,10-11H2,1-2H3,(H,21,24). The first-order valence-corrected chi connectivity index (χ1v) is 7.92. The number of rotatable bonds is 6. The van der Waals surface area contributed by atoms with E-state index >= 15 is 0 Å². The Morgan fingerprint density at radius 1 is 1.24 bits per heavy atom. The van der Waals surface area contributed by atoms with Gasteiger partial charge in [-0.25, -0.2) is 4.39 Å². The largest absolute Gasteiger partial charge is 0.496 e. The minimum Gasteiger partial charge on any atom is -0.496 e. The number of methoxy groups -OCH3 is 1. The molecule has 0 unspecified atom stereocenters. The molecule has 1 N–H and O–H groups in total. The van der Waals surface area contributed by atoms with Crippen molar-refractivity contribution < 1.29 is 18.7 Å². The third-order valence-electron chi connectivity index (χ3n) is 3.57. The molecule has 0 aliphatic heterocycles. The summed E-state index contributed by atoms with van der Waals surface area (Å²) in [4.78, 5) is 25.3. The third-order valence-corrected chi connectivity index (χ3v) is 3.85. The Kier molecular flexibility index (Phi) is 6.36. The van der Waals surface area contributed by atoms with Crippen LogP contribution >= 0.6 is 11.6 Å². The smallest absolute Gasteiger partial charge is 0.240 e. The third kappa shape index (κ3) is 4.93. The Morgan fingerprint density at radius 3 is 2.60 bits per heavy atom. The molecule has 2 amide bonds. The minimum absolute atomic E-state index is 0.113. The maximum Gasteiger partial charge on any atom is 0.240 e. The van der Waals surface area contributed by atoms with Gasteiger partial charge in [-0.3, -0.25) is 9.59 Å². The minimum atomic E-state index is -0.588. The molecule has 0 aromatic heterocycles. The number of amides is 2. The van der Waals surface area contributed by atoms with Gasteiger partial charge in [0.1, 0.15) is 18.1 Å². The molecular weight excluding hydrogens is 347 g/mol.